The van der Waals surface area contributed by atoms with Crippen LogP contribution >= 0.6 is 0 Å². The number of hydrogen-bond donors (Lipinski definition) is 1. The quantitative estimate of drug-likeness (QED) is 0.836. The fourth-order valence-electron chi connectivity index (χ4n) is 4.59. The zero-order chi connectivity index (χ0) is 20.2. The first-order chi connectivity index (χ1) is 14.1. The monoisotopic (exact) mass is 396 g/mol. The van der Waals surface area contributed by atoms with E-state index in [1.54, 1.807) is 24.5 Å². The summed E-state index contributed by atoms with van der Waals surface area (Å²) in [6, 6.07) is 11.1. The predicted octanol–water partition coefficient (Wildman–Crippen LogP) is 3.60. The Morgan fingerprint density at radius 1 is 1.07 bits per heavy atom. The van der Waals surface area contributed by atoms with Gasteiger partial charge in [0.1, 0.15) is 5.76 Å². The van der Waals surface area contributed by atoms with Crippen LogP contribution in [0, 0.1) is 5.92 Å². The van der Waals surface area contributed by atoms with Crippen molar-refractivity contribution in [3.63, 3.8) is 0 Å². The number of furan rings is 1. The number of carbonyl (C=O) groups is 2. The Hall–Kier alpha value is -2.60. The largest absolute Gasteiger partial charge is 0.478 e. The van der Waals surface area contributed by atoms with Crippen molar-refractivity contribution in [1.29, 1.82) is 0 Å². The molecule has 2 aliphatic rings. The third-order valence-electron chi connectivity index (χ3n) is 6.23. The van der Waals surface area contributed by atoms with Crippen molar-refractivity contribution in [2.24, 2.45) is 5.92 Å². The second-order valence-corrected chi connectivity index (χ2v) is 8.18. The van der Waals surface area contributed by atoms with Gasteiger partial charge in [0.05, 0.1) is 18.4 Å². The van der Waals surface area contributed by atoms with Gasteiger partial charge >= 0.3 is 5.97 Å². The van der Waals surface area contributed by atoms with E-state index in [0.29, 0.717) is 12.1 Å². The van der Waals surface area contributed by atoms with Crippen molar-refractivity contribution < 1.29 is 19.1 Å². The third kappa shape index (κ3) is 4.70. The highest BCUT2D eigenvalue weighted by Crippen LogP contribution is 2.30. The summed E-state index contributed by atoms with van der Waals surface area (Å²) in [7, 11) is 0. The molecule has 2 aliphatic heterocycles. The molecule has 0 unspecified atom stereocenters. The smallest absolute Gasteiger partial charge is 0.335 e. The molecule has 0 aliphatic carbocycles. The summed E-state index contributed by atoms with van der Waals surface area (Å²) >= 11 is 0. The molecule has 1 aromatic carbocycles. The summed E-state index contributed by atoms with van der Waals surface area (Å²) in [6.07, 6.45) is 5.43. The lowest BCUT2D eigenvalue weighted by molar-refractivity contribution is -0.138. The molecular formula is C23H28N2O4. The maximum Gasteiger partial charge on any atom is 0.335 e. The van der Waals surface area contributed by atoms with Gasteiger partial charge in [0.25, 0.3) is 0 Å². The number of rotatable bonds is 5. The second-order valence-electron chi connectivity index (χ2n) is 8.18. The Morgan fingerprint density at radius 2 is 1.90 bits per heavy atom. The molecule has 1 aromatic heterocycles. The molecule has 154 valence electrons. The molecule has 2 saturated heterocycles. The number of aromatic carboxylic acids is 1. The topological polar surface area (TPSA) is 74.0 Å². The average Bonchev–Trinajstić information content (AvgIpc) is 3.27. The Balaban J connectivity index is 1.33. The molecule has 0 radical (unpaired) electrons. The number of amides is 1. The van der Waals surface area contributed by atoms with Gasteiger partial charge in [-0.3, -0.25) is 9.69 Å². The van der Waals surface area contributed by atoms with E-state index in [9.17, 15) is 14.7 Å². The molecule has 1 amide bonds. The molecule has 0 saturated carbocycles. The normalized spacial score (nSPS) is 21.2. The maximum atomic E-state index is 13.1. The number of hydrogen-bond acceptors (Lipinski definition) is 4. The fraction of sp³-hybridized carbons (Fsp3) is 0.478. The Labute approximate surface area is 171 Å². The van der Waals surface area contributed by atoms with E-state index >= 15 is 0 Å². The summed E-state index contributed by atoms with van der Waals surface area (Å²) in [6.45, 7) is 4.12. The maximum absolute atomic E-state index is 13.1. The lowest BCUT2D eigenvalue weighted by Gasteiger charge is -2.38. The Kier molecular flexibility index (Phi) is 6.00. The van der Waals surface area contributed by atoms with Crippen molar-refractivity contribution in [2.75, 3.05) is 26.2 Å². The number of likely N-dealkylation sites (tertiary alicyclic amines) is 2. The van der Waals surface area contributed by atoms with Crippen molar-refractivity contribution in [3.05, 3.63) is 59.5 Å². The number of nitrogens with zero attached hydrogens (tertiary/aromatic N) is 2. The van der Waals surface area contributed by atoms with Crippen molar-refractivity contribution >= 4 is 11.9 Å². The van der Waals surface area contributed by atoms with E-state index in [1.807, 2.05) is 23.1 Å². The summed E-state index contributed by atoms with van der Waals surface area (Å²) in [4.78, 5) is 28.7. The highest BCUT2D eigenvalue weighted by Gasteiger charge is 2.32. The lowest BCUT2D eigenvalue weighted by atomic mass is 9.88. The standard InChI is InChI=1S/C23H28N2O4/c26-22(17-8-11-24(12-9-17)16-21-7-3-13-29-21)25-10-2-6-20(15-25)18-4-1-5-19(14-18)23(27)28/h1,3-5,7,13-14,17,20H,2,6,8-12,15-16H2,(H,27,28)/t20-/m0/s1. The summed E-state index contributed by atoms with van der Waals surface area (Å²) in [5.41, 5.74) is 1.34. The highest BCUT2D eigenvalue weighted by molar-refractivity contribution is 5.87. The van der Waals surface area contributed by atoms with Crippen LogP contribution in [0.4, 0.5) is 0 Å². The Morgan fingerprint density at radius 3 is 2.62 bits per heavy atom. The van der Waals surface area contributed by atoms with Crippen LogP contribution in [0.1, 0.15) is 53.3 Å². The molecule has 1 atom stereocenters. The number of benzene rings is 1. The number of carboxylic acid groups (broad SMARTS) is 1. The summed E-state index contributed by atoms with van der Waals surface area (Å²) < 4.78 is 5.43. The van der Waals surface area contributed by atoms with Crippen LogP contribution in [0.15, 0.2) is 47.1 Å². The van der Waals surface area contributed by atoms with Gasteiger partial charge in [-0.05, 0) is 68.6 Å². The van der Waals surface area contributed by atoms with Crippen molar-refractivity contribution in [2.45, 2.75) is 38.1 Å². The highest BCUT2D eigenvalue weighted by atomic mass is 16.4. The van der Waals surface area contributed by atoms with Crippen LogP contribution in [-0.2, 0) is 11.3 Å². The molecule has 0 bridgehead atoms. The number of piperidine rings is 2. The van der Waals surface area contributed by atoms with Crippen molar-refractivity contribution in [3.8, 4) is 0 Å². The van der Waals surface area contributed by atoms with Gasteiger partial charge in [0.2, 0.25) is 5.91 Å². The first-order valence-electron chi connectivity index (χ1n) is 10.5. The minimum absolute atomic E-state index is 0.0898. The first-order valence-corrected chi connectivity index (χ1v) is 10.5. The summed E-state index contributed by atoms with van der Waals surface area (Å²) in [5, 5.41) is 9.25. The molecule has 2 fully saturated rings. The zero-order valence-electron chi connectivity index (χ0n) is 16.6. The van der Waals surface area contributed by atoms with Crippen LogP contribution in [0.5, 0.6) is 0 Å². The molecule has 4 rings (SSSR count). The summed E-state index contributed by atoms with van der Waals surface area (Å²) in [5.74, 6) is 0.633. The van der Waals surface area contributed by atoms with E-state index < -0.39 is 5.97 Å². The SMILES string of the molecule is O=C(O)c1cccc([C@H]2CCCN(C(=O)C3CCN(Cc4ccco4)CC3)C2)c1. The van der Waals surface area contributed by atoms with E-state index in [-0.39, 0.29) is 17.7 Å². The third-order valence-corrected chi connectivity index (χ3v) is 6.23. The fourth-order valence-corrected chi connectivity index (χ4v) is 4.59. The molecule has 29 heavy (non-hydrogen) atoms. The lowest BCUT2D eigenvalue weighted by Crippen LogP contribution is -2.45. The zero-order valence-corrected chi connectivity index (χ0v) is 16.6. The van der Waals surface area contributed by atoms with E-state index in [0.717, 1.165) is 63.2 Å². The molecule has 2 aromatic rings. The van der Waals surface area contributed by atoms with Gasteiger partial charge in [0, 0.05) is 24.9 Å². The van der Waals surface area contributed by atoms with Gasteiger partial charge < -0.3 is 14.4 Å². The van der Waals surface area contributed by atoms with Gasteiger partial charge in [0.15, 0.2) is 0 Å². The minimum Gasteiger partial charge on any atom is -0.478 e. The minimum atomic E-state index is -0.906. The molecular weight excluding hydrogens is 368 g/mol. The van der Waals surface area contributed by atoms with Crippen molar-refractivity contribution in [1.82, 2.24) is 9.80 Å². The molecule has 1 N–H and O–H groups in total. The molecule has 6 heteroatoms. The molecule has 0 spiro atoms. The predicted molar refractivity (Wildman–Crippen MR) is 109 cm³/mol. The Bertz CT molecular complexity index is 840. The average molecular weight is 396 g/mol. The van der Waals surface area contributed by atoms with Gasteiger partial charge in [-0.1, -0.05) is 12.1 Å². The number of carboxylic acids is 1. The van der Waals surface area contributed by atoms with Gasteiger partial charge in [-0.2, -0.15) is 0 Å². The second kappa shape index (κ2) is 8.82. The first kappa shape index (κ1) is 19.7. The van der Waals surface area contributed by atoms with Crippen LogP contribution < -0.4 is 0 Å². The molecule has 3 heterocycles. The van der Waals surface area contributed by atoms with E-state index in [2.05, 4.69) is 4.90 Å². The van der Waals surface area contributed by atoms with E-state index in [4.69, 9.17) is 4.42 Å². The van der Waals surface area contributed by atoms with Crippen LogP contribution in [-0.4, -0.2) is 53.0 Å². The van der Waals surface area contributed by atoms with Crippen LogP contribution in [0.3, 0.4) is 0 Å². The number of carbonyl (C=O) groups excluding carboxylic acids is 1. The van der Waals surface area contributed by atoms with Crippen LogP contribution in [0.25, 0.3) is 0 Å². The molecule has 6 nitrogen and oxygen atoms in total. The van der Waals surface area contributed by atoms with Gasteiger partial charge in [-0.15, -0.1) is 0 Å². The van der Waals surface area contributed by atoms with E-state index in [1.165, 1.54) is 0 Å². The van der Waals surface area contributed by atoms with Crippen LogP contribution in [0.2, 0.25) is 0 Å². The van der Waals surface area contributed by atoms with Gasteiger partial charge in [-0.25, -0.2) is 4.79 Å².